The van der Waals surface area contributed by atoms with Gasteiger partial charge in [0.15, 0.2) is 0 Å². The van der Waals surface area contributed by atoms with Crippen LogP contribution in [0.5, 0.6) is 0 Å². The van der Waals surface area contributed by atoms with E-state index >= 15 is 0 Å². The zero-order valence-corrected chi connectivity index (χ0v) is 13.8. The van der Waals surface area contributed by atoms with Crippen molar-refractivity contribution in [2.24, 2.45) is 0 Å². The minimum absolute atomic E-state index is 0. The summed E-state index contributed by atoms with van der Waals surface area (Å²) >= 11 is 0. The average molecular weight is 329 g/mol. The number of hydrogen-bond donors (Lipinski definition) is 1. The standard InChI is InChI=1S/C16H20N2O.2ClH/c1-12-13-5-2-3-6-15(13)17-16-7-4-8-18(9-10-19)11-14(12)16;;/h2-3,5-6,19H,4,7-11H2,1H3;2*1H. The van der Waals surface area contributed by atoms with Crippen molar-refractivity contribution in [3.8, 4) is 0 Å². The van der Waals surface area contributed by atoms with E-state index in [1.807, 2.05) is 0 Å². The number of rotatable bonds is 2. The summed E-state index contributed by atoms with van der Waals surface area (Å²) in [6.07, 6.45) is 2.17. The Hall–Kier alpha value is -0.870. The third-order valence-electron chi connectivity index (χ3n) is 4.05. The number of aryl methyl sites for hydroxylation is 2. The number of hydrogen-bond acceptors (Lipinski definition) is 3. The summed E-state index contributed by atoms with van der Waals surface area (Å²) in [5.74, 6) is 0. The lowest BCUT2D eigenvalue weighted by Gasteiger charge is -2.20. The van der Waals surface area contributed by atoms with E-state index < -0.39 is 0 Å². The lowest BCUT2D eigenvalue weighted by atomic mass is 10.00. The van der Waals surface area contributed by atoms with Crippen LogP contribution >= 0.6 is 24.8 Å². The maximum atomic E-state index is 9.14. The molecule has 1 aliphatic rings. The Kier molecular flexibility index (Phi) is 6.88. The van der Waals surface area contributed by atoms with E-state index in [2.05, 4.69) is 36.1 Å². The molecule has 1 aliphatic heterocycles. The molecule has 5 heteroatoms. The smallest absolute Gasteiger partial charge is 0.0708 e. The number of aliphatic hydroxyl groups is 1. The van der Waals surface area contributed by atoms with E-state index in [-0.39, 0.29) is 31.4 Å². The first-order valence-corrected chi connectivity index (χ1v) is 7.00. The molecule has 1 aromatic carbocycles. The van der Waals surface area contributed by atoms with Crippen LogP contribution in [0.15, 0.2) is 24.3 Å². The first kappa shape index (κ1) is 18.2. The quantitative estimate of drug-likeness (QED) is 0.920. The van der Waals surface area contributed by atoms with Crippen LogP contribution in [0.1, 0.15) is 23.2 Å². The van der Waals surface area contributed by atoms with E-state index in [0.717, 1.165) is 38.0 Å². The van der Waals surface area contributed by atoms with Gasteiger partial charge in [-0.05, 0) is 43.5 Å². The second kappa shape index (κ2) is 7.95. The van der Waals surface area contributed by atoms with Crippen molar-refractivity contribution < 1.29 is 5.11 Å². The van der Waals surface area contributed by atoms with Crippen molar-refractivity contribution in [1.82, 2.24) is 9.88 Å². The number of pyridine rings is 1. The highest BCUT2D eigenvalue weighted by Crippen LogP contribution is 2.26. The van der Waals surface area contributed by atoms with E-state index in [1.165, 1.54) is 22.2 Å². The van der Waals surface area contributed by atoms with Crippen LogP contribution in [-0.4, -0.2) is 34.7 Å². The molecule has 0 radical (unpaired) electrons. The van der Waals surface area contributed by atoms with Crippen molar-refractivity contribution >= 4 is 35.7 Å². The van der Waals surface area contributed by atoms with Gasteiger partial charge in [-0.25, -0.2) is 0 Å². The number of para-hydroxylation sites is 1. The third kappa shape index (κ3) is 3.67. The van der Waals surface area contributed by atoms with Crippen LogP contribution in [0.4, 0.5) is 0 Å². The van der Waals surface area contributed by atoms with Crippen molar-refractivity contribution in [3.63, 3.8) is 0 Å². The number of nitrogens with zero attached hydrogens (tertiary/aromatic N) is 2. The first-order valence-electron chi connectivity index (χ1n) is 7.00. The normalized spacial score (nSPS) is 14.8. The zero-order chi connectivity index (χ0) is 13.2. The second-order valence-corrected chi connectivity index (χ2v) is 5.28. The average Bonchev–Trinajstić information content (AvgIpc) is 2.62. The molecule has 2 aromatic rings. The van der Waals surface area contributed by atoms with Crippen LogP contribution in [0, 0.1) is 6.92 Å². The predicted molar refractivity (Wildman–Crippen MR) is 91.7 cm³/mol. The molecule has 1 N–H and O–H groups in total. The molecular weight excluding hydrogens is 307 g/mol. The maximum absolute atomic E-state index is 9.14. The highest BCUT2D eigenvalue weighted by atomic mass is 35.5. The van der Waals surface area contributed by atoms with Crippen molar-refractivity contribution in [2.45, 2.75) is 26.3 Å². The molecule has 0 spiro atoms. The largest absolute Gasteiger partial charge is 0.395 e. The molecule has 0 bridgehead atoms. The van der Waals surface area contributed by atoms with Gasteiger partial charge in [0.1, 0.15) is 0 Å². The fourth-order valence-corrected chi connectivity index (χ4v) is 3.00. The third-order valence-corrected chi connectivity index (χ3v) is 4.05. The summed E-state index contributed by atoms with van der Waals surface area (Å²) in [4.78, 5) is 7.17. The van der Waals surface area contributed by atoms with E-state index in [1.54, 1.807) is 0 Å². The van der Waals surface area contributed by atoms with Gasteiger partial charge in [0.25, 0.3) is 0 Å². The van der Waals surface area contributed by atoms with E-state index in [4.69, 9.17) is 10.1 Å². The Morgan fingerprint density at radius 3 is 2.76 bits per heavy atom. The molecule has 2 heterocycles. The minimum atomic E-state index is 0. The molecule has 0 aliphatic carbocycles. The fourth-order valence-electron chi connectivity index (χ4n) is 3.00. The Balaban J connectivity index is 0.00000110. The molecule has 0 atom stereocenters. The summed E-state index contributed by atoms with van der Waals surface area (Å²) in [5, 5.41) is 10.4. The van der Waals surface area contributed by atoms with Crippen LogP contribution in [0.2, 0.25) is 0 Å². The first-order chi connectivity index (χ1) is 9.29. The number of halogens is 2. The molecule has 0 fully saturated rings. The lowest BCUT2D eigenvalue weighted by Crippen LogP contribution is -2.26. The maximum Gasteiger partial charge on any atom is 0.0708 e. The topological polar surface area (TPSA) is 36.4 Å². The summed E-state index contributed by atoms with van der Waals surface area (Å²) in [7, 11) is 0. The monoisotopic (exact) mass is 328 g/mol. The fraction of sp³-hybridized carbons (Fsp3) is 0.438. The molecule has 0 saturated heterocycles. The molecular formula is C16H22Cl2N2O. The summed E-state index contributed by atoms with van der Waals surface area (Å²) < 4.78 is 0. The van der Waals surface area contributed by atoms with Gasteiger partial charge in [0, 0.05) is 24.2 Å². The van der Waals surface area contributed by atoms with Crippen molar-refractivity contribution in [2.75, 3.05) is 19.7 Å². The van der Waals surface area contributed by atoms with E-state index in [9.17, 15) is 0 Å². The molecule has 0 saturated carbocycles. The number of aromatic nitrogens is 1. The summed E-state index contributed by atoms with van der Waals surface area (Å²) in [6.45, 7) is 5.15. The molecule has 116 valence electrons. The summed E-state index contributed by atoms with van der Waals surface area (Å²) in [5.41, 5.74) is 5.07. The Morgan fingerprint density at radius 1 is 1.24 bits per heavy atom. The van der Waals surface area contributed by atoms with Gasteiger partial charge >= 0.3 is 0 Å². The molecule has 3 rings (SSSR count). The van der Waals surface area contributed by atoms with Crippen molar-refractivity contribution in [1.29, 1.82) is 0 Å². The van der Waals surface area contributed by atoms with Gasteiger partial charge in [-0.1, -0.05) is 18.2 Å². The highest BCUT2D eigenvalue weighted by Gasteiger charge is 2.18. The lowest BCUT2D eigenvalue weighted by molar-refractivity contribution is 0.192. The summed E-state index contributed by atoms with van der Waals surface area (Å²) in [6, 6.07) is 8.37. The highest BCUT2D eigenvalue weighted by molar-refractivity contribution is 5.85. The van der Waals surface area contributed by atoms with Gasteiger partial charge in [0.05, 0.1) is 12.1 Å². The Bertz CT molecular complexity index is 604. The Morgan fingerprint density at radius 2 is 2.00 bits per heavy atom. The van der Waals surface area contributed by atoms with Gasteiger partial charge in [0.2, 0.25) is 0 Å². The molecule has 3 nitrogen and oxygen atoms in total. The van der Waals surface area contributed by atoms with Crippen LogP contribution in [-0.2, 0) is 13.0 Å². The van der Waals surface area contributed by atoms with Crippen LogP contribution in [0.25, 0.3) is 10.9 Å². The van der Waals surface area contributed by atoms with Gasteiger partial charge in [-0.3, -0.25) is 9.88 Å². The number of benzene rings is 1. The number of β-amino-alcohol motifs (C(OH)–C–C–N with tert-alkyl or cyclic N) is 1. The minimum Gasteiger partial charge on any atom is -0.395 e. The SMILES string of the molecule is Cc1c2c(nc3ccccc13)CCCN(CCO)C2.Cl.Cl. The number of aliphatic hydroxyl groups excluding tert-OH is 1. The van der Waals surface area contributed by atoms with Crippen LogP contribution < -0.4 is 0 Å². The molecule has 1 aromatic heterocycles. The molecule has 21 heavy (non-hydrogen) atoms. The van der Waals surface area contributed by atoms with Gasteiger partial charge in [-0.2, -0.15) is 0 Å². The molecule has 0 unspecified atom stereocenters. The van der Waals surface area contributed by atoms with Gasteiger partial charge in [-0.15, -0.1) is 24.8 Å². The molecule has 0 amide bonds. The predicted octanol–water partition coefficient (Wildman–Crippen LogP) is 3.13. The second-order valence-electron chi connectivity index (χ2n) is 5.28. The van der Waals surface area contributed by atoms with Crippen molar-refractivity contribution in [3.05, 3.63) is 41.1 Å². The van der Waals surface area contributed by atoms with Crippen LogP contribution in [0.3, 0.4) is 0 Å². The zero-order valence-electron chi connectivity index (χ0n) is 12.2. The van der Waals surface area contributed by atoms with E-state index in [0.29, 0.717) is 0 Å². The van der Waals surface area contributed by atoms with Gasteiger partial charge < -0.3 is 5.11 Å². The Labute approximate surface area is 138 Å². The number of fused-ring (bicyclic) bond motifs is 2.